The topological polar surface area (TPSA) is 95.7 Å². The third-order valence-corrected chi connectivity index (χ3v) is 5.30. The van der Waals surface area contributed by atoms with E-state index in [1.54, 1.807) is 16.3 Å². The second kappa shape index (κ2) is 7.43. The Labute approximate surface area is 154 Å². The van der Waals surface area contributed by atoms with Crippen molar-refractivity contribution in [3.05, 3.63) is 45.8 Å². The number of rotatable bonds is 4. The number of carbonyl (C=O) groups excluding carboxylic acids is 2. The maximum absolute atomic E-state index is 12.7. The van der Waals surface area contributed by atoms with Crippen molar-refractivity contribution in [1.82, 2.24) is 4.90 Å². The van der Waals surface area contributed by atoms with Gasteiger partial charge in [-0.15, -0.1) is 11.3 Å². The minimum Gasteiger partial charge on any atom is -0.507 e. The molecule has 2 amide bonds. The van der Waals surface area contributed by atoms with E-state index in [1.807, 2.05) is 0 Å². The Morgan fingerprint density at radius 3 is 2.84 bits per heavy atom. The lowest BCUT2D eigenvalue weighted by molar-refractivity contribution is 0.0789. The highest BCUT2D eigenvalue weighted by molar-refractivity contribution is 7.14. The van der Waals surface area contributed by atoms with Gasteiger partial charge in [-0.25, -0.2) is 0 Å². The molecule has 25 heavy (non-hydrogen) atoms. The van der Waals surface area contributed by atoms with Crippen LogP contribution in [0.15, 0.2) is 29.6 Å². The minimum atomic E-state index is -0.494. The molecular formula is C17H18ClN3O3S. The predicted octanol–water partition coefficient (Wildman–Crippen LogP) is 2.78. The van der Waals surface area contributed by atoms with Crippen molar-refractivity contribution in [2.75, 3.05) is 25.0 Å². The molecule has 1 fully saturated rings. The van der Waals surface area contributed by atoms with Crippen LogP contribution in [-0.4, -0.2) is 41.5 Å². The number of amides is 2. The zero-order valence-corrected chi connectivity index (χ0v) is 14.9. The van der Waals surface area contributed by atoms with Gasteiger partial charge in [-0.05, 0) is 48.5 Å². The average Bonchev–Trinajstić information content (AvgIpc) is 3.23. The molecule has 4 N–H and O–H groups in total. The molecule has 1 atom stereocenters. The van der Waals surface area contributed by atoms with E-state index in [0.717, 1.165) is 6.42 Å². The minimum absolute atomic E-state index is 0.0977. The number of phenolic OH excluding ortho intramolecular Hbond substituents is 1. The first kappa shape index (κ1) is 17.7. The number of aromatic hydroxyl groups is 1. The van der Waals surface area contributed by atoms with Crippen LogP contribution in [0, 0.1) is 5.92 Å². The smallest absolute Gasteiger partial charge is 0.260 e. The number of nitrogens with one attached hydrogen (secondary N) is 1. The quantitative estimate of drug-likeness (QED) is 0.761. The highest BCUT2D eigenvalue weighted by atomic mass is 35.5. The number of phenols is 1. The van der Waals surface area contributed by atoms with Gasteiger partial charge in [-0.2, -0.15) is 0 Å². The number of hydrogen-bond acceptors (Lipinski definition) is 5. The molecule has 1 saturated heterocycles. The summed E-state index contributed by atoms with van der Waals surface area (Å²) in [7, 11) is 0. The molecule has 1 aliphatic rings. The van der Waals surface area contributed by atoms with Gasteiger partial charge in [0.1, 0.15) is 10.8 Å². The van der Waals surface area contributed by atoms with Crippen molar-refractivity contribution in [3.63, 3.8) is 0 Å². The third kappa shape index (κ3) is 3.78. The van der Waals surface area contributed by atoms with E-state index < -0.39 is 5.91 Å². The molecule has 0 spiro atoms. The first-order valence-corrected chi connectivity index (χ1v) is 9.12. The van der Waals surface area contributed by atoms with E-state index in [2.05, 4.69) is 5.32 Å². The number of anilines is 1. The Morgan fingerprint density at radius 1 is 1.36 bits per heavy atom. The molecule has 2 aromatic rings. The number of nitrogens with zero attached hydrogens (tertiary/aromatic N) is 1. The number of thiophene rings is 1. The molecule has 1 aromatic carbocycles. The van der Waals surface area contributed by atoms with Crippen LogP contribution in [0.5, 0.6) is 5.75 Å². The summed E-state index contributed by atoms with van der Waals surface area (Å²) in [5.41, 5.74) is 6.22. The van der Waals surface area contributed by atoms with Gasteiger partial charge in [-0.1, -0.05) is 11.6 Å². The fraction of sp³-hybridized carbons (Fsp3) is 0.294. The first-order valence-electron chi connectivity index (χ1n) is 7.86. The standard InChI is InChI=1S/C17H18ClN3O3S/c18-11-1-2-12(14(22)7-11)15(23)20-16-13(4-6-25-16)17(24)21-5-3-10(8-19)9-21/h1-2,4,6-7,10,22H,3,5,8-9,19H2,(H,20,23). The SMILES string of the molecule is NCC1CCN(C(=O)c2ccsc2NC(=O)c2ccc(Cl)cc2O)C1. The molecule has 0 aliphatic carbocycles. The molecule has 2 heterocycles. The number of carbonyl (C=O) groups is 2. The second-order valence-electron chi connectivity index (χ2n) is 5.92. The lowest BCUT2D eigenvalue weighted by atomic mass is 10.1. The van der Waals surface area contributed by atoms with Gasteiger partial charge in [0.15, 0.2) is 0 Å². The van der Waals surface area contributed by atoms with Crippen molar-refractivity contribution < 1.29 is 14.7 Å². The Morgan fingerprint density at radius 2 is 2.16 bits per heavy atom. The van der Waals surface area contributed by atoms with Crippen molar-refractivity contribution in [2.24, 2.45) is 11.7 Å². The van der Waals surface area contributed by atoms with E-state index >= 15 is 0 Å². The summed E-state index contributed by atoms with van der Waals surface area (Å²) in [6.45, 7) is 1.87. The molecular weight excluding hydrogens is 362 g/mol. The normalized spacial score (nSPS) is 16.9. The van der Waals surface area contributed by atoms with Gasteiger partial charge in [0.2, 0.25) is 0 Å². The zero-order chi connectivity index (χ0) is 18.0. The average molecular weight is 380 g/mol. The van der Waals surface area contributed by atoms with Crippen molar-refractivity contribution in [2.45, 2.75) is 6.42 Å². The van der Waals surface area contributed by atoms with Gasteiger partial charge in [-0.3, -0.25) is 9.59 Å². The molecule has 3 rings (SSSR count). The summed E-state index contributed by atoms with van der Waals surface area (Å²) in [6, 6.07) is 5.95. The monoisotopic (exact) mass is 379 g/mol. The van der Waals surface area contributed by atoms with Gasteiger partial charge in [0.25, 0.3) is 11.8 Å². The highest BCUT2D eigenvalue weighted by Gasteiger charge is 2.28. The van der Waals surface area contributed by atoms with Crippen LogP contribution in [0.1, 0.15) is 27.1 Å². The summed E-state index contributed by atoms with van der Waals surface area (Å²) in [6.07, 6.45) is 0.896. The summed E-state index contributed by atoms with van der Waals surface area (Å²) >= 11 is 7.04. The van der Waals surface area contributed by atoms with Crippen LogP contribution in [0.4, 0.5) is 5.00 Å². The molecule has 0 bridgehead atoms. The third-order valence-electron chi connectivity index (χ3n) is 4.23. The highest BCUT2D eigenvalue weighted by Crippen LogP contribution is 2.29. The number of halogens is 1. The molecule has 0 saturated carbocycles. The van der Waals surface area contributed by atoms with Crippen LogP contribution in [0.3, 0.4) is 0 Å². The summed E-state index contributed by atoms with van der Waals surface area (Å²) in [5, 5.41) is 15.1. The van der Waals surface area contributed by atoms with Crippen LogP contribution < -0.4 is 11.1 Å². The summed E-state index contributed by atoms with van der Waals surface area (Å²) in [4.78, 5) is 26.8. The Balaban J connectivity index is 1.75. The van der Waals surface area contributed by atoms with Crippen molar-refractivity contribution in [3.8, 4) is 5.75 Å². The van der Waals surface area contributed by atoms with Gasteiger partial charge in [0.05, 0.1) is 11.1 Å². The molecule has 132 valence electrons. The van der Waals surface area contributed by atoms with Crippen LogP contribution in [-0.2, 0) is 0 Å². The second-order valence-corrected chi connectivity index (χ2v) is 7.27. The van der Waals surface area contributed by atoms with Crippen LogP contribution >= 0.6 is 22.9 Å². The predicted molar refractivity (Wildman–Crippen MR) is 98.5 cm³/mol. The van der Waals surface area contributed by atoms with Gasteiger partial charge >= 0.3 is 0 Å². The fourth-order valence-corrected chi connectivity index (χ4v) is 3.76. The van der Waals surface area contributed by atoms with E-state index in [4.69, 9.17) is 17.3 Å². The van der Waals surface area contributed by atoms with E-state index in [9.17, 15) is 14.7 Å². The van der Waals surface area contributed by atoms with Crippen LogP contribution in [0.25, 0.3) is 0 Å². The number of nitrogens with two attached hydrogens (primary N) is 1. The van der Waals surface area contributed by atoms with Gasteiger partial charge in [0, 0.05) is 18.1 Å². The molecule has 1 aromatic heterocycles. The van der Waals surface area contributed by atoms with Crippen LogP contribution in [0.2, 0.25) is 5.02 Å². The zero-order valence-electron chi connectivity index (χ0n) is 13.4. The molecule has 1 unspecified atom stereocenters. The number of benzene rings is 1. The Kier molecular flexibility index (Phi) is 5.27. The Hall–Kier alpha value is -2.09. The number of hydrogen-bond donors (Lipinski definition) is 3. The molecule has 1 aliphatic heterocycles. The van der Waals surface area contributed by atoms with E-state index in [0.29, 0.717) is 41.1 Å². The van der Waals surface area contributed by atoms with E-state index in [-0.39, 0.29) is 17.2 Å². The largest absolute Gasteiger partial charge is 0.507 e. The van der Waals surface area contributed by atoms with Crippen molar-refractivity contribution >= 4 is 39.8 Å². The molecule has 0 radical (unpaired) electrons. The fourth-order valence-electron chi connectivity index (χ4n) is 2.82. The molecule has 8 heteroatoms. The maximum Gasteiger partial charge on any atom is 0.260 e. The lowest BCUT2D eigenvalue weighted by Gasteiger charge is -2.16. The van der Waals surface area contributed by atoms with Gasteiger partial charge < -0.3 is 21.1 Å². The Bertz CT molecular complexity index is 808. The maximum atomic E-state index is 12.7. The lowest BCUT2D eigenvalue weighted by Crippen LogP contribution is -2.30. The van der Waals surface area contributed by atoms with Crippen molar-refractivity contribution in [1.29, 1.82) is 0 Å². The molecule has 6 nitrogen and oxygen atoms in total. The first-order chi connectivity index (χ1) is 12.0. The summed E-state index contributed by atoms with van der Waals surface area (Å²) < 4.78 is 0. The van der Waals surface area contributed by atoms with E-state index in [1.165, 1.54) is 29.5 Å². The summed E-state index contributed by atoms with van der Waals surface area (Å²) in [5.74, 6) is -0.494. The number of likely N-dealkylation sites (tertiary alicyclic amines) is 1.